The molecule has 0 unspecified atom stereocenters. The summed E-state index contributed by atoms with van der Waals surface area (Å²) in [5, 5.41) is 7.94. The molecule has 0 saturated carbocycles. The second-order valence-electron chi connectivity index (χ2n) is 8.56. The van der Waals surface area contributed by atoms with Crippen molar-refractivity contribution in [2.75, 3.05) is 31.1 Å². The number of hydrogen-bond donors (Lipinski definition) is 0. The number of fused-ring (bicyclic) bond motifs is 1. The maximum absolute atomic E-state index is 13.7. The number of hydrogen-bond acceptors (Lipinski definition) is 6. The van der Waals surface area contributed by atoms with Crippen LogP contribution in [0.15, 0.2) is 84.6 Å². The van der Waals surface area contributed by atoms with Gasteiger partial charge in [0.25, 0.3) is 5.91 Å². The fraction of sp³-hybridized carbons (Fsp3) is 0.185. The first-order chi connectivity index (χ1) is 17.3. The molecule has 2 aromatic carbocycles. The van der Waals surface area contributed by atoms with E-state index in [4.69, 9.17) is 5.10 Å². The molecule has 35 heavy (non-hydrogen) atoms. The second-order valence-corrected chi connectivity index (χ2v) is 9.45. The zero-order chi connectivity index (χ0) is 23.6. The molecular formula is C27H24N6OS. The molecule has 5 aromatic rings. The molecule has 0 bridgehead atoms. The first-order valence-corrected chi connectivity index (χ1v) is 12.5. The third-order valence-electron chi connectivity index (χ3n) is 6.33. The standard InChI is InChI=1S/C27H24N6OS/c34-27(32-14-12-31(13-15-32)25-22-11-16-35-26(22)29-19-28-25)23-18-33(17-20-7-3-1-4-8-20)30-24(23)21-9-5-2-6-10-21/h1-11,16,18-19H,12-15,17H2. The number of anilines is 1. The minimum Gasteiger partial charge on any atom is -0.352 e. The third kappa shape index (κ3) is 4.28. The fourth-order valence-corrected chi connectivity index (χ4v) is 5.29. The first-order valence-electron chi connectivity index (χ1n) is 11.7. The predicted molar refractivity (Wildman–Crippen MR) is 139 cm³/mol. The molecule has 6 rings (SSSR count). The van der Waals surface area contributed by atoms with Gasteiger partial charge in [-0.3, -0.25) is 9.48 Å². The third-order valence-corrected chi connectivity index (χ3v) is 7.15. The predicted octanol–water partition coefficient (Wildman–Crippen LogP) is 4.57. The highest BCUT2D eigenvalue weighted by Crippen LogP contribution is 2.28. The monoisotopic (exact) mass is 480 g/mol. The van der Waals surface area contributed by atoms with Crippen LogP contribution in [0.4, 0.5) is 5.82 Å². The number of carbonyl (C=O) groups excluding carboxylic acids is 1. The van der Waals surface area contributed by atoms with E-state index < -0.39 is 0 Å². The molecule has 1 amide bonds. The van der Waals surface area contributed by atoms with Crippen molar-refractivity contribution in [1.82, 2.24) is 24.6 Å². The van der Waals surface area contributed by atoms with E-state index in [1.54, 1.807) is 17.7 Å². The van der Waals surface area contributed by atoms with Gasteiger partial charge < -0.3 is 9.80 Å². The Hall–Kier alpha value is -4.04. The van der Waals surface area contributed by atoms with Gasteiger partial charge >= 0.3 is 0 Å². The second kappa shape index (κ2) is 9.31. The van der Waals surface area contributed by atoms with Crippen LogP contribution in [-0.2, 0) is 6.54 Å². The lowest BCUT2D eigenvalue weighted by Gasteiger charge is -2.35. The summed E-state index contributed by atoms with van der Waals surface area (Å²) in [6.07, 6.45) is 3.52. The molecule has 0 N–H and O–H groups in total. The van der Waals surface area contributed by atoms with Crippen LogP contribution in [0.2, 0.25) is 0 Å². The Morgan fingerprint density at radius 1 is 0.886 bits per heavy atom. The highest BCUT2D eigenvalue weighted by molar-refractivity contribution is 7.16. The van der Waals surface area contributed by atoms with Crippen molar-refractivity contribution >= 4 is 33.3 Å². The fourth-order valence-electron chi connectivity index (χ4n) is 4.56. The maximum atomic E-state index is 13.7. The van der Waals surface area contributed by atoms with E-state index in [1.807, 2.05) is 69.7 Å². The number of rotatable bonds is 5. The van der Waals surface area contributed by atoms with Gasteiger partial charge in [0.2, 0.25) is 0 Å². The summed E-state index contributed by atoms with van der Waals surface area (Å²) in [5.74, 6) is 0.968. The molecule has 0 spiro atoms. The molecule has 1 fully saturated rings. The average Bonchev–Trinajstić information content (AvgIpc) is 3.57. The smallest absolute Gasteiger partial charge is 0.257 e. The van der Waals surface area contributed by atoms with Crippen molar-refractivity contribution in [3.8, 4) is 11.3 Å². The topological polar surface area (TPSA) is 67.2 Å². The summed E-state index contributed by atoms with van der Waals surface area (Å²) in [4.78, 5) is 27.8. The molecule has 4 heterocycles. The summed E-state index contributed by atoms with van der Waals surface area (Å²) in [7, 11) is 0. The summed E-state index contributed by atoms with van der Waals surface area (Å²) in [5.41, 5.74) is 3.46. The van der Waals surface area contributed by atoms with Crippen LogP contribution in [0.1, 0.15) is 15.9 Å². The molecule has 8 heteroatoms. The first kappa shape index (κ1) is 21.5. The van der Waals surface area contributed by atoms with E-state index in [1.165, 1.54) is 0 Å². The number of carbonyl (C=O) groups is 1. The maximum Gasteiger partial charge on any atom is 0.257 e. The van der Waals surface area contributed by atoms with Crippen LogP contribution < -0.4 is 4.90 Å². The lowest BCUT2D eigenvalue weighted by atomic mass is 10.1. The van der Waals surface area contributed by atoms with Crippen molar-refractivity contribution in [1.29, 1.82) is 0 Å². The molecule has 0 atom stereocenters. The Labute approximate surface area is 207 Å². The van der Waals surface area contributed by atoms with Crippen LogP contribution in [0.5, 0.6) is 0 Å². The Bertz CT molecular complexity index is 1460. The van der Waals surface area contributed by atoms with Gasteiger partial charge in [-0.05, 0) is 17.0 Å². The number of benzene rings is 2. The molecule has 1 saturated heterocycles. The number of nitrogens with zero attached hydrogens (tertiary/aromatic N) is 6. The summed E-state index contributed by atoms with van der Waals surface area (Å²) in [6.45, 7) is 3.34. The van der Waals surface area contributed by atoms with Crippen LogP contribution in [0.3, 0.4) is 0 Å². The zero-order valence-electron chi connectivity index (χ0n) is 19.1. The SMILES string of the molecule is O=C(c1cn(Cc2ccccc2)nc1-c1ccccc1)N1CCN(c2ncnc3sccc23)CC1. The van der Waals surface area contributed by atoms with E-state index in [2.05, 4.69) is 33.1 Å². The van der Waals surface area contributed by atoms with Crippen LogP contribution in [0, 0.1) is 0 Å². The Morgan fingerprint density at radius 2 is 1.63 bits per heavy atom. The molecule has 1 aliphatic rings. The van der Waals surface area contributed by atoms with Crippen molar-refractivity contribution in [3.05, 3.63) is 95.8 Å². The van der Waals surface area contributed by atoms with Gasteiger partial charge in [-0.2, -0.15) is 5.10 Å². The minimum absolute atomic E-state index is 0.0196. The summed E-state index contributed by atoms with van der Waals surface area (Å²) < 4.78 is 1.87. The van der Waals surface area contributed by atoms with Gasteiger partial charge in [0.15, 0.2) is 0 Å². The van der Waals surface area contributed by atoms with Gasteiger partial charge in [-0.15, -0.1) is 11.3 Å². The Balaban J connectivity index is 1.25. The molecule has 0 aliphatic carbocycles. The lowest BCUT2D eigenvalue weighted by Crippen LogP contribution is -2.49. The number of thiophene rings is 1. The molecule has 0 radical (unpaired) electrons. The van der Waals surface area contributed by atoms with E-state index in [9.17, 15) is 4.79 Å². The normalized spacial score (nSPS) is 13.9. The van der Waals surface area contributed by atoms with Crippen molar-refractivity contribution in [3.63, 3.8) is 0 Å². The molecule has 7 nitrogen and oxygen atoms in total. The van der Waals surface area contributed by atoms with Gasteiger partial charge in [-0.1, -0.05) is 60.7 Å². The average molecular weight is 481 g/mol. The van der Waals surface area contributed by atoms with Gasteiger partial charge in [0, 0.05) is 37.9 Å². The summed E-state index contributed by atoms with van der Waals surface area (Å²) in [6, 6.07) is 22.2. The van der Waals surface area contributed by atoms with E-state index in [0.29, 0.717) is 25.2 Å². The quantitative estimate of drug-likeness (QED) is 0.369. The minimum atomic E-state index is 0.0196. The zero-order valence-corrected chi connectivity index (χ0v) is 19.9. The number of aromatic nitrogens is 4. The van der Waals surface area contributed by atoms with Gasteiger partial charge in [0.05, 0.1) is 17.5 Å². The molecule has 174 valence electrons. The highest BCUT2D eigenvalue weighted by atomic mass is 32.1. The van der Waals surface area contributed by atoms with Crippen LogP contribution >= 0.6 is 11.3 Å². The van der Waals surface area contributed by atoms with Crippen LogP contribution in [0.25, 0.3) is 21.5 Å². The molecular weight excluding hydrogens is 456 g/mol. The van der Waals surface area contributed by atoms with Crippen molar-refractivity contribution in [2.45, 2.75) is 6.54 Å². The largest absolute Gasteiger partial charge is 0.352 e. The molecule has 3 aromatic heterocycles. The Morgan fingerprint density at radius 3 is 2.40 bits per heavy atom. The van der Waals surface area contributed by atoms with Crippen LogP contribution in [-0.4, -0.2) is 56.7 Å². The van der Waals surface area contributed by atoms with Crippen molar-refractivity contribution < 1.29 is 4.79 Å². The van der Waals surface area contributed by atoms with E-state index >= 15 is 0 Å². The summed E-state index contributed by atoms with van der Waals surface area (Å²) >= 11 is 1.62. The molecule has 1 aliphatic heterocycles. The van der Waals surface area contributed by atoms with E-state index in [-0.39, 0.29) is 5.91 Å². The Kier molecular flexibility index (Phi) is 5.71. The van der Waals surface area contributed by atoms with Crippen molar-refractivity contribution in [2.24, 2.45) is 0 Å². The van der Waals surface area contributed by atoms with E-state index in [0.717, 1.165) is 45.9 Å². The van der Waals surface area contributed by atoms with Gasteiger partial charge in [-0.25, -0.2) is 9.97 Å². The number of piperazine rings is 1. The lowest BCUT2D eigenvalue weighted by molar-refractivity contribution is 0.0747. The van der Waals surface area contributed by atoms with Gasteiger partial charge in [0.1, 0.15) is 22.7 Å². The highest BCUT2D eigenvalue weighted by Gasteiger charge is 2.27. The number of amides is 1.